The summed E-state index contributed by atoms with van der Waals surface area (Å²) in [6.07, 6.45) is 0. The first-order chi connectivity index (χ1) is 11.9. The van der Waals surface area contributed by atoms with Gasteiger partial charge in [-0.1, -0.05) is 18.2 Å². The van der Waals surface area contributed by atoms with Gasteiger partial charge in [-0.3, -0.25) is 9.59 Å². The highest BCUT2D eigenvalue weighted by molar-refractivity contribution is 5.96. The normalized spacial score (nSPS) is 10.0. The van der Waals surface area contributed by atoms with Crippen LogP contribution in [0.25, 0.3) is 0 Å². The van der Waals surface area contributed by atoms with Gasteiger partial charge >= 0.3 is 0 Å². The van der Waals surface area contributed by atoms with Crippen LogP contribution in [0.4, 0.5) is 0 Å². The van der Waals surface area contributed by atoms with E-state index >= 15 is 0 Å². The number of nitriles is 1. The summed E-state index contributed by atoms with van der Waals surface area (Å²) in [4.78, 5) is 25.9. The minimum atomic E-state index is -0.261. The second-order valence-corrected chi connectivity index (χ2v) is 6.04. The molecule has 1 N–H and O–H groups in total. The quantitative estimate of drug-likeness (QED) is 0.912. The predicted octanol–water partition coefficient (Wildman–Crippen LogP) is 2.56. The number of hydrogen-bond donors (Lipinski definition) is 1. The molecule has 0 aliphatic rings. The van der Waals surface area contributed by atoms with Crippen molar-refractivity contribution in [1.29, 1.82) is 5.26 Å². The molecule has 0 unspecified atom stereocenters. The monoisotopic (exact) mass is 335 g/mol. The molecule has 5 heteroatoms. The van der Waals surface area contributed by atoms with E-state index in [1.807, 2.05) is 38.1 Å². The fraction of sp³-hybridized carbons (Fsp3) is 0.250. The van der Waals surface area contributed by atoms with E-state index in [0.717, 1.165) is 16.7 Å². The molecule has 0 bridgehead atoms. The molecule has 0 fully saturated rings. The highest BCUT2D eigenvalue weighted by atomic mass is 16.2. The maximum atomic E-state index is 12.2. The smallest absolute Gasteiger partial charge is 0.251 e. The maximum Gasteiger partial charge on any atom is 0.251 e. The predicted molar refractivity (Wildman–Crippen MR) is 95.9 cm³/mol. The van der Waals surface area contributed by atoms with Crippen LogP contribution in [-0.4, -0.2) is 30.3 Å². The first kappa shape index (κ1) is 18.2. The largest absolute Gasteiger partial charge is 0.343 e. The van der Waals surface area contributed by atoms with Gasteiger partial charge < -0.3 is 10.2 Å². The zero-order valence-electron chi connectivity index (χ0n) is 14.7. The minimum absolute atomic E-state index is 0.0570. The average Bonchev–Trinajstić information content (AvgIpc) is 2.62. The van der Waals surface area contributed by atoms with Crippen molar-refractivity contribution >= 4 is 11.8 Å². The van der Waals surface area contributed by atoms with E-state index in [-0.39, 0.29) is 18.4 Å². The van der Waals surface area contributed by atoms with Crippen LogP contribution in [0.3, 0.4) is 0 Å². The minimum Gasteiger partial charge on any atom is -0.343 e. The topological polar surface area (TPSA) is 73.2 Å². The number of nitrogens with zero attached hydrogens (tertiary/aromatic N) is 2. The average molecular weight is 335 g/mol. The third kappa shape index (κ3) is 4.92. The third-order valence-electron chi connectivity index (χ3n) is 4.10. The molecule has 25 heavy (non-hydrogen) atoms. The van der Waals surface area contributed by atoms with Crippen LogP contribution in [0.1, 0.15) is 32.6 Å². The Morgan fingerprint density at radius 2 is 1.76 bits per heavy atom. The van der Waals surface area contributed by atoms with Gasteiger partial charge in [0.25, 0.3) is 5.91 Å². The number of amides is 2. The molecule has 2 aromatic rings. The van der Waals surface area contributed by atoms with Gasteiger partial charge in [-0.05, 0) is 54.8 Å². The number of aryl methyl sites for hydroxylation is 2. The number of carbonyl (C=O) groups excluding carboxylic acids is 2. The lowest BCUT2D eigenvalue weighted by molar-refractivity contribution is -0.129. The highest BCUT2D eigenvalue weighted by Gasteiger charge is 2.12. The molecule has 5 nitrogen and oxygen atoms in total. The SMILES string of the molecule is Cc1ccc(C(=O)NCC(=O)N(C)Cc2ccc(C#N)cc2)cc1C. The molecule has 0 aromatic heterocycles. The molecule has 0 radical (unpaired) electrons. The van der Waals surface area contributed by atoms with Crippen molar-refractivity contribution in [3.63, 3.8) is 0 Å². The number of nitrogens with one attached hydrogen (secondary N) is 1. The molecule has 0 atom stereocenters. The number of hydrogen-bond acceptors (Lipinski definition) is 3. The van der Waals surface area contributed by atoms with Gasteiger partial charge in [0.2, 0.25) is 5.91 Å². The zero-order chi connectivity index (χ0) is 18.4. The molecule has 2 aromatic carbocycles. The fourth-order valence-corrected chi connectivity index (χ4v) is 2.32. The molecule has 0 saturated carbocycles. The summed E-state index contributed by atoms with van der Waals surface area (Å²) in [6, 6.07) is 14.6. The van der Waals surface area contributed by atoms with Crippen molar-refractivity contribution in [3.05, 3.63) is 70.3 Å². The Balaban J connectivity index is 1.88. The van der Waals surface area contributed by atoms with E-state index in [1.54, 1.807) is 30.1 Å². The van der Waals surface area contributed by atoms with E-state index in [0.29, 0.717) is 17.7 Å². The first-order valence-electron chi connectivity index (χ1n) is 7.99. The summed E-state index contributed by atoms with van der Waals surface area (Å²) >= 11 is 0. The van der Waals surface area contributed by atoms with Crippen LogP contribution in [0, 0.1) is 25.2 Å². The molecular formula is C20H21N3O2. The van der Waals surface area contributed by atoms with E-state index in [4.69, 9.17) is 5.26 Å². The van der Waals surface area contributed by atoms with Crippen molar-refractivity contribution in [3.8, 4) is 6.07 Å². The Labute approximate surface area is 147 Å². The number of benzene rings is 2. The number of carbonyl (C=O) groups is 2. The Morgan fingerprint density at radius 3 is 2.36 bits per heavy atom. The van der Waals surface area contributed by atoms with Crippen molar-refractivity contribution in [1.82, 2.24) is 10.2 Å². The van der Waals surface area contributed by atoms with Crippen molar-refractivity contribution < 1.29 is 9.59 Å². The summed E-state index contributed by atoms with van der Waals surface area (Å²) in [6.45, 7) is 4.30. The molecule has 0 aliphatic heterocycles. The van der Waals surface area contributed by atoms with Crippen LogP contribution < -0.4 is 5.32 Å². The van der Waals surface area contributed by atoms with Gasteiger partial charge in [0.15, 0.2) is 0 Å². The molecule has 2 amide bonds. The number of rotatable bonds is 5. The van der Waals surface area contributed by atoms with Gasteiger partial charge in [-0.25, -0.2) is 0 Å². The van der Waals surface area contributed by atoms with E-state index in [2.05, 4.69) is 11.4 Å². The van der Waals surface area contributed by atoms with Crippen LogP contribution in [0.2, 0.25) is 0 Å². The van der Waals surface area contributed by atoms with Crippen molar-refractivity contribution in [2.45, 2.75) is 20.4 Å². The summed E-state index contributed by atoms with van der Waals surface area (Å²) < 4.78 is 0. The lowest BCUT2D eigenvalue weighted by Gasteiger charge is -2.17. The molecule has 0 spiro atoms. The maximum absolute atomic E-state index is 12.2. The zero-order valence-corrected chi connectivity index (χ0v) is 14.7. The van der Waals surface area contributed by atoms with Crippen molar-refractivity contribution in [2.24, 2.45) is 0 Å². The Kier molecular flexibility index (Phi) is 5.91. The summed E-state index contributed by atoms with van der Waals surface area (Å²) in [7, 11) is 1.68. The Hall–Kier alpha value is -3.13. The first-order valence-corrected chi connectivity index (χ1v) is 7.99. The second-order valence-electron chi connectivity index (χ2n) is 6.04. The van der Waals surface area contributed by atoms with Crippen LogP contribution in [0.15, 0.2) is 42.5 Å². The van der Waals surface area contributed by atoms with Gasteiger partial charge in [0.05, 0.1) is 18.2 Å². The standard InChI is InChI=1S/C20H21N3O2/c1-14-4-9-18(10-15(14)2)20(25)22-12-19(24)23(3)13-17-7-5-16(11-21)6-8-17/h4-10H,12-13H2,1-3H3,(H,22,25). The van der Waals surface area contributed by atoms with Crippen LogP contribution in [0.5, 0.6) is 0 Å². The van der Waals surface area contributed by atoms with Crippen LogP contribution in [-0.2, 0) is 11.3 Å². The van der Waals surface area contributed by atoms with Gasteiger partial charge in [0.1, 0.15) is 0 Å². The van der Waals surface area contributed by atoms with E-state index in [1.165, 1.54) is 0 Å². The Morgan fingerprint density at radius 1 is 1.08 bits per heavy atom. The van der Waals surface area contributed by atoms with Gasteiger partial charge in [0, 0.05) is 19.2 Å². The molecule has 128 valence electrons. The van der Waals surface area contributed by atoms with Gasteiger partial charge in [-0.2, -0.15) is 5.26 Å². The second kappa shape index (κ2) is 8.11. The summed E-state index contributed by atoms with van der Waals surface area (Å²) in [5, 5.41) is 11.4. The number of likely N-dealkylation sites (N-methyl/N-ethyl adjacent to an activating group) is 1. The van der Waals surface area contributed by atoms with Crippen LogP contribution >= 0.6 is 0 Å². The molecule has 0 saturated heterocycles. The molecule has 2 rings (SSSR count). The summed E-state index contributed by atoms with van der Waals surface area (Å²) in [5.74, 6) is -0.440. The summed E-state index contributed by atoms with van der Waals surface area (Å²) in [5.41, 5.74) is 4.21. The third-order valence-corrected chi connectivity index (χ3v) is 4.10. The van der Waals surface area contributed by atoms with E-state index < -0.39 is 0 Å². The Bertz CT molecular complexity index is 820. The lowest BCUT2D eigenvalue weighted by atomic mass is 10.1. The molecule has 0 heterocycles. The molecular weight excluding hydrogens is 314 g/mol. The molecule has 0 aliphatic carbocycles. The lowest BCUT2D eigenvalue weighted by Crippen LogP contribution is -2.37. The fourth-order valence-electron chi connectivity index (χ4n) is 2.32. The highest BCUT2D eigenvalue weighted by Crippen LogP contribution is 2.10. The van der Waals surface area contributed by atoms with Crippen molar-refractivity contribution in [2.75, 3.05) is 13.6 Å². The van der Waals surface area contributed by atoms with Gasteiger partial charge in [-0.15, -0.1) is 0 Å². The van der Waals surface area contributed by atoms with E-state index in [9.17, 15) is 9.59 Å².